The third kappa shape index (κ3) is 5.65. The van der Waals surface area contributed by atoms with Crippen molar-refractivity contribution in [1.82, 2.24) is 16.0 Å². The molecule has 1 heterocycles. The van der Waals surface area contributed by atoms with Gasteiger partial charge in [0.1, 0.15) is 12.8 Å². The van der Waals surface area contributed by atoms with Gasteiger partial charge in [0.25, 0.3) is 0 Å². The molecule has 5 aliphatic rings. The lowest BCUT2D eigenvalue weighted by Crippen LogP contribution is -2.66. The zero-order valence-corrected chi connectivity index (χ0v) is 20.3. The van der Waals surface area contributed by atoms with Crippen LogP contribution in [0.2, 0.25) is 0 Å². The number of hydrogen-bond donors (Lipinski definition) is 4. The number of carbonyl (C=O) groups is 2. The molecule has 0 spiro atoms. The number of halogens is 2. The van der Waals surface area contributed by atoms with E-state index in [1.165, 1.54) is 0 Å². The van der Waals surface area contributed by atoms with E-state index in [-0.39, 0.29) is 37.0 Å². The summed E-state index contributed by atoms with van der Waals surface area (Å²) in [4.78, 5) is 25.7. The van der Waals surface area contributed by atoms with E-state index in [1.54, 1.807) is 0 Å². The summed E-state index contributed by atoms with van der Waals surface area (Å²) >= 11 is 5.91. The van der Waals surface area contributed by atoms with Gasteiger partial charge in [-0.1, -0.05) is 6.92 Å². The van der Waals surface area contributed by atoms with Gasteiger partial charge in [-0.15, -0.1) is 11.6 Å². The first-order valence-electron chi connectivity index (χ1n) is 12.6. The van der Waals surface area contributed by atoms with Crippen molar-refractivity contribution in [3.8, 4) is 0 Å². The predicted octanol–water partition coefficient (Wildman–Crippen LogP) is 2.19. The molecule has 4 aliphatic carbocycles. The SMILES string of the molecule is CC1CCC(CNC(=O)C23CCC(NC(=O)COC4CCC(Cl)C(F)C4)(CC2)CC3O)NC1. The van der Waals surface area contributed by atoms with Crippen molar-refractivity contribution in [3.63, 3.8) is 0 Å². The molecule has 4 saturated carbocycles. The second-order valence-electron chi connectivity index (χ2n) is 11.0. The number of alkyl halides is 2. The molecule has 2 amide bonds. The molecule has 0 aromatic carbocycles. The Morgan fingerprint density at radius 1 is 1.18 bits per heavy atom. The van der Waals surface area contributed by atoms with Gasteiger partial charge < -0.3 is 25.8 Å². The minimum absolute atomic E-state index is 0.0611. The quantitative estimate of drug-likeness (QED) is 0.412. The first-order valence-corrected chi connectivity index (χ1v) is 13.1. The molecular weight excluding hydrogens is 449 g/mol. The molecule has 0 aromatic heterocycles. The number of rotatable bonds is 7. The average Bonchev–Trinajstić information content (AvgIpc) is 2.80. The lowest BCUT2D eigenvalue weighted by molar-refractivity contribution is -0.157. The summed E-state index contributed by atoms with van der Waals surface area (Å²) in [6.45, 7) is 3.66. The fourth-order valence-electron chi connectivity index (χ4n) is 6.18. The highest BCUT2D eigenvalue weighted by Gasteiger charge is 2.58. The van der Waals surface area contributed by atoms with Gasteiger partial charge in [-0.2, -0.15) is 0 Å². The minimum Gasteiger partial charge on any atom is -0.392 e. The Bertz CT molecular complexity index is 710. The van der Waals surface area contributed by atoms with E-state index < -0.39 is 28.6 Å². The first-order chi connectivity index (χ1) is 15.7. The molecule has 188 valence electrons. The standard InChI is InChI=1S/C24H39ClFN3O4/c1-15-2-3-16(27-12-15)13-28-22(32)24-8-6-23(7-9-24,11-20(24)30)29-21(31)14-33-17-4-5-18(25)19(26)10-17/h15-20,27,30H,2-14H2,1H3,(H,28,32)(H,29,31). The van der Waals surface area contributed by atoms with E-state index in [2.05, 4.69) is 22.9 Å². The molecule has 5 fully saturated rings. The van der Waals surface area contributed by atoms with Crippen LogP contribution in [0.15, 0.2) is 0 Å². The maximum absolute atomic E-state index is 13.8. The van der Waals surface area contributed by atoms with Crippen LogP contribution in [0.4, 0.5) is 4.39 Å². The van der Waals surface area contributed by atoms with E-state index >= 15 is 0 Å². The predicted molar refractivity (Wildman–Crippen MR) is 124 cm³/mol. The Hall–Kier alpha value is -0.960. The molecule has 7 nitrogen and oxygen atoms in total. The minimum atomic E-state index is -1.10. The Morgan fingerprint density at radius 2 is 1.94 bits per heavy atom. The number of fused-ring (bicyclic) bond motifs is 3. The summed E-state index contributed by atoms with van der Waals surface area (Å²) in [6.07, 6.45) is 4.25. The van der Waals surface area contributed by atoms with Crippen LogP contribution >= 0.6 is 11.6 Å². The van der Waals surface area contributed by atoms with Crippen LogP contribution < -0.4 is 16.0 Å². The van der Waals surface area contributed by atoms with Crippen LogP contribution in [0.3, 0.4) is 0 Å². The van der Waals surface area contributed by atoms with Crippen LogP contribution in [0.5, 0.6) is 0 Å². The molecule has 0 aromatic rings. The Balaban J connectivity index is 1.23. The summed E-state index contributed by atoms with van der Waals surface area (Å²) in [6, 6.07) is 0.288. The van der Waals surface area contributed by atoms with Gasteiger partial charge in [-0.25, -0.2) is 4.39 Å². The first kappa shape index (κ1) is 25.1. The van der Waals surface area contributed by atoms with Crippen LogP contribution in [-0.4, -0.2) is 72.0 Å². The maximum atomic E-state index is 13.8. The highest BCUT2D eigenvalue weighted by molar-refractivity contribution is 6.21. The maximum Gasteiger partial charge on any atom is 0.246 e. The van der Waals surface area contributed by atoms with Gasteiger partial charge in [0.2, 0.25) is 11.8 Å². The third-order valence-corrected chi connectivity index (χ3v) is 9.04. The third-order valence-electron chi connectivity index (χ3n) is 8.55. The fourth-order valence-corrected chi connectivity index (χ4v) is 6.40. The van der Waals surface area contributed by atoms with E-state index in [0.717, 1.165) is 19.4 Å². The van der Waals surface area contributed by atoms with E-state index in [0.29, 0.717) is 57.4 Å². The van der Waals surface area contributed by atoms with E-state index in [1.807, 2.05) is 0 Å². The molecule has 0 radical (unpaired) electrons. The lowest BCUT2D eigenvalue weighted by Gasteiger charge is -2.55. The number of aliphatic hydroxyl groups excluding tert-OH is 1. The largest absolute Gasteiger partial charge is 0.392 e. The number of carbonyl (C=O) groups excluding carboxylic acids is 2. The molecular formula is C24H39ClFN3O4. The normalized spacial score (nSPS) is 43.2. The highest BCUT2D eigenvalue weighted by Crippen LogP contribution is 2.52. The monoisotopic (exact) mass is 487 g/mol. The number of nitrogens with one attached hydrogen (secondary N) is 3. The Morgan fingerprint density at radius 3 is 2.58 bits per heavy atom. The van der Waals surface area contributed by atoms with Crippen molar-refractivity contribution < 1.29 is 23.8 Å². The number of aliphatic hydroxyl groups is 1. The summed E-state index contributed by atoms with van der Waals surface area (Å²) < 4.78 is 19.4. The van der Waals surface area contributed by atoms with Crippen LogP contribution in [0.1, 0.15) is 71.1 Å². The summed E-state index contributed by atoms with van der Waals surface area (Å²) in [5, 5.41) is 20.1. The zero-order chi connectivity index (χ0) is 23.6. The van der Waals surface area contributed by atoms with E-state index in [9.17, 15) is 19.1 Å². The molecule has 4 N–H and O–H groups in total. The second-order valence-corrected chi connectivity index (χ2v) is 11.5. The fraction of sp³-hybridized carbons (Fsp3) is 0.917. The number of amides is 2. The molecule has 6 unspecified atom stereocenters. The molecule has 2 bridgehead atoms. The van der Waals surface area contributed by atoms with Crippen LogP contribution in [0, 0.1) is 11.3 Å². The van der Waals surface area contributed by atoms with Crippen molar-refractivity contribution in [3.05, 3.63) is 0 Å². The van der Waals surface area contributed by atoms with Crippen LogP contribution in [-0.2, 0) is 14.3 Å². The highest BCUT2D eigenvalue weighted by atomic mass is 35.5. The summed E-state index contributed by atoms with van der Waals surface area (Å²) in [5.41, 5.74) is -1.26. The van der Waals surface area contributed by atoms with Crippen molar-refractivity contribution >= 4 is 23.4 Å². The Labute approximate surface area is 200 Å². The van der Waals surface area contributed by atoms with Crippen molar-refractivity contribution in [2.24, 2.45) is 11.3 Å². The topological polar surface area (TPSA) is 99.7 Å². The zero-order valence-electron chi connectivity index (χ0n) is 19.6. The molecule has 1 aliphatic heterocycles. The smallest absolute Gasteiger partial charge is 0.246 e. The molecule has 9 heteroatoms. The van der Waals surface area contributed by atoms with Gasteiger partial charge in [0.15, 0.2) is 0 Å². The van der Waals surface area contributed by atoms with Gasteiger partial charge in [-0.3, -0.25) is 9.59 Å². The molecule has 1 saturated heterocycles. The van der Waals surface area contributed by atoms with Gasteiger partial charge in [0.05, 0.1) is 23.0 Å². The van der Waals surface area contributed by atoms with Crippen LogP contribution in [0.25, 0.3) is 0 Å². The molecule has 6 atom stereocenters. The van der Waals surface area contributed by atoms with Crippen molar-refractivity contribution in [2.75, 3.05) is 19.7 Å². The second kappa shape index (κ2) is 10.3. The molecule has 33 heavy (non-hydrogen) atoms. The number of ether oxygens (including phenoxy) is 1. The average molecular weight is 488 g/mol. The van der Waals surface area contributed by atoms with Gasteiger partial charge >= 0.3 is 0 Å². The van der Waals surface area contributed by atoms with Gasteiger partial charge in [0, 0.05) is 24.5 Å². The number of piperidine rings is 1. The van der Waals surface area contributed by atoms with Crippen molar-refractivity contribution in [2.45, 2.75) is 106 Å². The summed E-state index contributed by atoms with van der Waals surface area (Å²) in [5.74, 6) is 0.361. The Kier molecular flexibility index (Phi) is 7.88. The van der Waals surface area contributed by atoms with Crippen molar-refractivity contribution in [1.29, 1.82) is 0 Å². The van der Waals surface area contributed by atoms with Gasteiger partial charge in [-0.05, 0) is 70.3 Å². The van der Waals surface area contributed by atoms with E-state index in [4.69, 9.17) is 16.3 Å². The summed E-state index contributed by atoms with van der Waals surface area (Å²) in [7, 11) is 0. The molecule has 5 rings (SSSR count). The lowest BCUT2D eigenvalue weighted by atomic mass is 9.55. The number of hydrogen-bond acceptors (Lipinski definition) is 5.